The first-order valence-electron chi connectivity index (χ1n) is 9.33. The molecule has 8 heteroatoms. The minimum absolute atomic E-state index is 0.0324. The van der Waals surface area contributed by atoms with Crippen LogP contribution in [0.4, 0.5) is 10.5 Å². The number of rotatable bonds is 4. The summed E-state index contributed by atoms with van der Waals surface area (Å²) in [5.74, 6) is -2.81. The Bertz CT molecular complexity index is 1250. The van der Waals surface area contributed by atoms with Gasteiger partial charge in [0.2, 0.25) is 0 Å². The molecule has 0 unspecified atom stereocenters. The van der Waals surface area contributed by atoms with Gasteiger partial charge in [-0.3, -0.25) is 14.9 Å². The van der Waals surface area contributed by atoms with Crippen LogP contribution in [0.15, 0.2) is 72.4 Å². The first-order valence-corrected chi connectivity index (χ1v) is 9.33. The van der Waals surface area contributed by atoms with E-state index in [9.17, 15) is 24.3 Å². The van der Waals surface area contributed by atoms with Crippen LogP contribution in [0.5, 0.6) is 0 Å². The Balaban J connectivity index is 1.73. The van der Waals surface area contributed by atoms with Gasteiger partial charge in [0.05, 0.1) is 11.7 Å². The van der Waals surface area contributed by atoms with Crippen molar-refractivity contribution < 1.29 is 24.3 Å². The van der Waals surface area contributed by atoms with Gasteiger partial charge >= 0.3 is 6.03 Å². The van der Waals surface area contributed by atoms with E-state index < -0.39 is 23.8 Å². The van der Waals surface area contributed by atoms with Crippen molar-refractivity contribution in [1.29, 1.82) is 0 Å². The third-order valence-electron chi connectivity index (χ3n) is 4.91. The van der Waals surface area contributed by atoms with Gasteiger partial charge in [-0.15, -0.1) is 0 Å². The number of hydrogen-bond donors (Lipinski definition) is 1. The number of anilines is 1. The van der Waals surface area contributed by atoms with Crippen molar-refractivity contribution in [2.24, 2.45) is 0 Å². The molecule has 0 bridgehead atoms. The summed E-state index contributed by atoms with van der Waals surface area (Å²) in [5, 5.41) is 13.2. The van der Waals surface area contributed by atoms with Gasteiger partial charge in [-0.2, -0.15) is 0 Å². The van der Waals surface area contributed by atoms with E-state index in [0.29, 0.717) is 22.6 Å². The molecule has 2 aromatic carbocycles. The first-order chi connectivity index (χ1) is 14.9. The fourth-order valence-electron chi connectivity index (χ4n) is 3.34. The predicted molar refractivity (Wildman–Crippen MR) is 110 cm³/mol. The van der Waals surface area contributed by atoms with E-state index in [1.165, 1.54) is 18.2 Å². The van der Waals surface area contributed by atoms with Crippen LogP contribution in [0.2, 0.25) is 0 Å². The number of nitrogens with zero attached hydrogens (tertiary/aromatic N) is 2. The molecule has 1 aromatic heterocycles. The number of hydrogen-bond acceptors (Lipinski definition) is 5. The van der Waals surface area contributed by atoms with Crippen LogP contribution in [0.3, 0.4) is 0 Å². The molecule has 0 saturated carbocycles. The number of nitrogens with one attached hydrogen (secondary N) is 1. The maximum atomic E-state index is 13.1. The van der Waals surface area contributed by atoms with E-state index in [0.717, 1.165) is 4.90 Å². The summed E-state index contributed by atoms with van der Waals surface area (Å²) < 4.78 is 1.68. The van der Waals surface area contributed by atoms with Crippen molar-refractivity contribution >= 4 is 35.6 Å². The molecule has 0 atom stereocenters. The summed E-state index contributed by atoms with van der Waals surface area (Å²) in [5.41, 5.74) is 2.04. The number of carboxylic acids is 1. The van der Waals surface area contributed by atoms with Gasteiger partial charge in [0.25, 0.3) is 11.8 Å². The van der Waals surface area contributed by atoms with Crippen LogP contribution in [0.1, 0.15) is 21.6 Å². The molecule has 8 nitrogen and oxygen atoms in total. The number of benzene rings is 2. The average molecular weight is 414 g/mol. The number of barbiturate groups is 1. The number of imide groups is 2. The smallest absolute Gasteiger partial charge is 0.335 e. The molecule has 1 aliphatic heterocycles. The predicted octanol–water partition coefficient (Wildman–Crippen LogP) is 1.82. The van der Waals surface area contributed by atoms with Crippen molar-refractivity contribution in [2.75, 3.05) is 4.90 Å². The highest BCUT2D eigenvalue weighted by Crippen LogP contribution is 2.25. The molecule has 1 saturated heterocycles. The summed E-state index contributed by atoms with van der Waals surface area (Å²) >= 11 is 0. The van der Waals surface area contributed by atoms with Gasteiger partial charge in [0.15, 0.2) is 0 Å². The normalized spacial score (nSPS) is 15.3. The molecule has 4 rings (SSSR count). The second kappa shape index (κ2) is 7.75. The topological polar surface area (TPSA) is 112 Å². The molecule has 0 spiro atoms. The maximum Gasteiger partial charge on any atom is 0.335 e. The van der Waals surface area contributed by atoms with Crippen molar-refractivity contribution in [3.05, 3.63) is 89.3 Å². The van der Waals surface area contributed by atoms with Gasteiger partial charge in [0.1, 0.15) is 5.57 Å². The van der Waals surface area contributed by atoms with Crippen LogP contribution in [0.25, 0.3) is 11.8 Å². The molecular weight excluding hydrogens is 398 g/mol. The lowest BCUT2D eigenvalue weighted by molar-refractivity contribution is -0.255. The van der Waals surface area contributed by atoms with Crippen LogP contribution in [0, 0.1) is 6.92 Å². The van der Waals surface area contributed by atoms with Gasteiger partial charge in [-0.05, 0) is 54.5 Å². The molecule has 2 heterocycles. The Morgan fingerprint density at radius 2 is 1.68 bits per heavy atom. The number of urea groups is 1. The third kappa shape index (κ3) is 3.62. The zero-order valence-electron chi connectivity index (χ0n) is 16.4. The third-order valence-corrected chi connectivity index (χ3v) is 4.91. The fourth-order valence-corrected chi connectivity index (χ4v) is 3.34. The number of carbonyl (C=O) groups is 4. The Hall–Kier alpha value is -4.46. The largest absolute Gasteiger partial charge is 0.545 e. The minimum Gasteiger partial charge on any atom is -0.545 e. The molecule has 154 valence electrons. The summed E-state index contributed by atoms with van der Waals surface area (Å²) in [6.45, 7) is 1.76. The summed E-state index contributed by atoms with van der Waals surface area (Å²) in [6, 6.07) is 15.4. The highest BCUT2D eigenvalue weighted by Gasteiger charge is 2.37. The second-order valence-electron chi connectivity index (χ2n) is 6.88. The number of carbonyl (C=O) groups excluding carboxylic acids is 4. The summed E-state index contributed by atoms with van der Waals surface area (Å²) in [7, 11) is 0. The Morgan fingerprint density at radius 3 is 2.35 bits per heavy atom. The minimum atomic E-state index is -1.29. The van der Waals surface area contributed by atoms with Crippen molar-refractivity contribution in [3.8, 4) is 5.69 Å². The standard InChI is InChI=1S/C23H17N3O5/c1-14-5-2-3-7-19(14)26-21(28)18(20(27)24-23(26)31)13-17-6-4-12-25(17)16-10-8-15(9-11-16)22(29)30/h2-13H,1H3,(H,29,30)(H,24,27,31)/p-1. The van der Waals surface area contributed by atoms with Gasteiger partial charge in [-0.25, -0.2) is 9.69 Å². The summed E-state index contributed by atoms with van der Waals surface area (Å²) in [4.78, 5) is 49.8. The molecular formula is C23H16N3O5-. The number of para-hydroxylation sites is 1. The second-order valence-corrected chi connectivity index (χ2v) is 6.88. The van der Waals surface area contributed by atoms with E-state index in [2.05, 4.69) is 5.32 Å². The molecule has 1 N–H and O–H groups in total. The lowest BCUT2D eigenvalue weighted by atomic mass is 10.1. The highest BCUT2D eigenvalue weighted by molar-refractivity contribution is 6.39. The molecule has 31 heavy (non-hydrogen) atoms. The zero-order chi connectivity index (χ0) is 22.1. The van der Waals surface area contributed by atoms with Crippen molar-refractivity contribution in [1.82, 2.24) is 9.88 Å². The monoisotopic (exact) mass is 414 g/mol. The quantitative estimate of drug-likeness (QED) is 0.517. The van der Waals surface area contributed by atoms with E-state index in [1.807, 2.05) is 0 Å². The van der Waals surface area contributed by atoms with E-state index in [4.69, 9.17) is 0 Å². The first kappa shape index (κ1) is 19.8. The number of aromatic nitrogens is 1. The molecule has 1 aliphatic rings. The van der Waals surface area contributed by atoms with E-state index in [-0.39, 0.29) is 11.1 Å². The lowest BCUT2D eigenvalue weighted by Crippen LogP contribution is -2.54. The van der Waals surface area contributed by atoms with Gasteiger partial charge in [0, 0.05) is 17.6 Å². The molecule has 0 radical (unpaired) electrons. The Labute approximate surface area is 177 Å². The van der Waals surface area contributed by atoms with E-state index in [1.54, 1.807) is 66.2 Å². The summed E-state index contributed by atoms with van der Waals surface area (Å²) in [6.07, 6.45) is 3.10. The Kier molecular flexibility index (Phi) is 4.96. The number of amides is 4. The fraction of sp³-hybridized carbons (Fsp3) is 0.0435. The highest BCUT2D eigenvalue weighted by atomic mass is 16.4. The average Bonchev–Trinajstić information content (AvgIpc) is 3.20. The molecule has 0 aliphatic carbocycles. The zero-order valence-corrected chi connectivity index (χ0v) is 16.4. The molecule has 1 fully saturated rings. The lowest BCUT2D eigenvalue weighted by Gasteiger charge is -2.27. The Morgan fingerprint density at radius 1 is 0.968 bits per heavy atom. The van der Waals surface area contributed by atoms with Crippen LogP contribution in [-0.4, -0.2) is 28.4 Å². The van der Waals surface area contributed by atoms with Crippen LogP contribution >= 0.6 is 0 Å². The molecule has 4 amide bonds. The number of carboxylic acid groups (broad SMARTS) is 1. The SMILES string of the molecule is Cc1ccccc1N1C(=O)NC(=O)C(=Cc2cccn2-c2ccc(C(=O)[O-])cc2)C1=O. The number of aryl methyl sites for hydroxylation is 1. The van der Waals surface area contributed by atoms with Crippen molar-refractivity contribution in [2.45, 2.75) is 6.92 Å². The van der Waals surface area contributed by atoms with Crippen LogP contribution in [-0.2, 0) is 9.59 Å². The number of aromatic carboxylic acids is 1. The van der Waals surface area contributed by atoms with Gasteiger partial charge < -0.3 is 14.5 Å². The van der Waals surface area contributed by atoms with Crippen molar-refractivity contribution in [3.63, 3.8) is 0 Å². The maximum absolute atomic E-state index is 13.1. The molecule has 3 aromatic rings. The van der Waals surface area contributed by atoms with E-state index >= 15 is 0 Å². The van der Waals surface area contributed by atoms with Crippen LogP contribution < -0.4 is 15.3 Å². The van der Waals surface area contributed by atoms with Gasteiger partial charge in [-0.1, -0.05) is 30.3 Å².